The molecule has 4 rings (SSSR count). The second-order valence-corrected chi connectivity index (χ2v) is 10.1. The number of rotatable bonds is 10. The van der Waals surface area contributed by atoms with Gasteiger partial charge in [0.1, 0.15) is 11.5 Å². The first-order valence-electron chi connectivity index (χ1n) is 13.2. The molecule has 6 nitrogen and oxygen atoms in total. The molecule has 1 aliphatic heterocycles. The van der Waals surface area contributed by atoms with Crippen LogP contribution in [0.15, 0.2) is 55.1 Å². The summed E-state index contributed by atoms with van der Waals surface area (Å²) in [4.78, 5) is 12.7. The Morgan fingerprint density at radius 1 is 0.927 bits per heavy atom. The normalized spacial score (nSPS) is 23.5. The number of benzene rings is 2. The molecule has 224 valence electrons. The molecule has 1 aliphatic carbocycles. The lowest BCUT2D eigenvalue weighted by atomic mass is 9.81. The Hall–Kier alpha value is -3.25. The monoisotopic (exact) mass is 588 g/mol. The molecule has 0 radical (unpaired) electrons. The minimum absolute atomic E-state index is 0.0564. The van der Waals surface area contributed by atoms with E-state index in [1.54, 1.807) is 0 Å². The summed E-state index contributed by atoms with van der Waals surface area (Å²) < 4.78 is 105. The van der Waals surface area contributed by atoms with Gasteiger partial charge in [0.2, 0.25) is 0 Å². The Morgan fingerprint density at radius 2 is 1.56 bits per heavy atom. The van der Waals surface area contributed by atoms with Gasteiger partial charge in [-0.1, -0.05) is 6.08 Å². The van der Waals surface area contributed by atoms with Crippen molar-refractivity contribution in [3.8, 4) is 17.2 Å². The SMILES string of the molecule is C=CCCC1COC(C2CCC(C(=O)Oc3ccc(C(F)(F)Oc4ccc(OC(F)(F)F)c(F)c4)cc3)CC2)OC1. The second kappa shape index (κ2) is 13.2. The molecule has 0 N–H and O–H groups in total. The maximum absolute atomic E-state index is 14.6. The summed E-state index contributed by atoms with van der Waals surface area (Å²) in [6.45, 7) is 5.01. The fourth-order valence-corrected chi connectivity index (χ4v) is 4.85. The molecular formula is C29H30F6O6. The van der Waals surface area contributed by atoms with Gasteiger partial charge in [0.15, 0.2) is 17.9 Å². The molecule has 12 heteroatoms. The van der Waals surface area contributed by atoms with E-state index in [0.717, 1.165) is 43.9 Å². The van der Waals surface area contributed by atoms with Crippen molar-refractivity contribution in [1.29, 1.82) is 0 Å². The first-order chi connectivity index (χ1) is 19.4. The smallest absolute Gasteiger partial charge is 0.429 e. The molecule has 2 aromatic carbocycles. The van der Waals surface area contributed by atoms with Crippen LogP contribution in [0.5, 0.6) is 17.2 Å². The number of allylic oxidation sites excluding steroid dienone is 1. The summed E-state index contributed by atoms with van der Waals surface area (Å²) in [5.74, 6) is -3.65. The number of hydrogen-bond acceptors (Lipinski definition) is 6. The molecule has 0 aromatic heterocycles. The third-order valence-electron chi connectivity index (χ3n) is 7.05. The molecular weight excluding hydrogens is 558 g/mol. The lowest BCUT2D eigenvalue weighted by Gasteiger charge is -2.37. The highest BCUT2D eigenvalue weighted by Crippen LogP contribution is 2.37. The van der Waals surface area contributed by atoms with Crippen LogP contribution in [0.3, 0.4) is 0 Å². The van der Waals surface area contributed by atoms with Crippen molar-refractivity contribution in [2.24, 2.45) is 17.8 Å². The molecule has 0 amide bonds. The zero-order chi connectivity index (χ0) is 29.6. The van der Waals surface area contributed by atoms with Gasteiger partial charge in [-0.3, -0.25) is 4.79 Å². The summed E-state index contributed by atoms with van der Waals surface area (Å²) in [7, 11) is 0. The molecule has 1 saturated carbocycles. The Kier molecular flexibility index (Phi) is 9.85. The zero-order valence-electron chi connectivity index (χ0n) is 22.0. The third-order valence-corrected chi connectivity index (χ3v) is 7.05. The van der Waals surface area contributed by atoms with E-state index in [1.807, 2.05) is 6.08 Å². The predicted octanol–water partition coefficient (Wildman–Crippen LogP) is 7.52. The van der Waals surface area contributed by atoms with Crippen LogP contribution in [0, 0.1) is 23.6 Å². The first-order valence-corrected chi connectivity index (χ1v) is 13.2. The highest BCUT2D eigenvalue weighted by atomic mass is 19.4. The molecule has 0 unspecified atom stereocenters. The molecule has 0 spiro atoms. The van der Waals surface area contributed by atoms with Crippen molar-refractivity contribution in [3.05, 3.63) is 66.5 Å². The van der Waals surface area contributed by atoms with E-state index >= 15 is 0 Å². The predicted molar refractivity (Wildman–Crippen MR) is 134 cm³/mol. The van der Waals surface area contributed by atoms with E-state index in [-0.39, 0.29) is 23.9 Å². The standard InChI is InChI=1S/C29H30F6O6/c1-2-3-4-18-16-37-27(38-17-18)20-7-5-19(6-8-20)26(36)39-22-11-9-21(10-12-22)28(31,32)40-23-13-14-25(24(30)15-23)41-29(33,34)35/h2,9-15,18-20,27H,1,3-8,16-17H2. The van der Waals surface area contributed by atoms with E-state index in [0.29, 0.717) is 44.1 Å². The number of ether oxygens (including phenoxy) is 5. The van der Waals surface area contributed by atoms with Crippen molar-refractivity contribution in [2.45, 2.75) is 57.3 Å². The maximum atomic E-state index is 14.6. The number of hydrogen-bond donors (Lipinski definition) is 0. The molecule has 2 aliphatic rings. The highest BCUT2D eigenvalue weighted by molar-refractivity contribution is 5.75. The molecule has 0 bridgehead atoms. The van der Waals surface area contributed by atoms with E-state index < -0.39 is 41.3 Å². The maximum Gasteiger partial charge on any atom is 0.573 e. The van der Waals surface area contributed by atoms with Gasteiger partial charge < -0.3 is 23.7 Å². The Morgan fingerprint density at radius 3 is 2.15 bits per heavy atom. The Labute approximate surface area is 233 Å². The summed E-state index contributed by atoms with van der Waals surface area (Å²) >= 11 is 0. The minimum Gasteiger partial charge on any atom is -0.429 e. The van der Waals surface area contributed by atoms with Gasteiger partial charge in [0.05, 0.1) is 24.7 Å². The number of esters is 1. The summed E-state index contributed by atoms with van der Waals surface area (Å²) in [5, 5.41) is 0. The van der Waals surface area contributed by atoms with Gasteiger partial charge in [-0.2, -0.15) is 8.78 Å². The van der Waals surface area contributed by atoms with Crippen LogP contribution < -0.4 is 14.2 Å². The third kappa shape index (κ3) is 8.62. The average molecular weight is 589 g/mol. The molecule has 1 heterocycles. The van der Waals surface area contributed by atoms with E-state index in [4.69, 9.17) is 14.2 Å². The van der Waals surface area contributed by atoms with Crippen LogP contribution in [0.4, 0.5) is 26.3 Å². The topological polar surface area (TPSA) is 63.2 Å². The fourth-order valence-electron chi connectivity index (χ4n) is 4.85. The van der Waals surface area contributed by atoms with Gasteiger partial charge in [-0.25, -0.2) is 4.39 Å². The molecule has 41 heavy (non-hydrogen) atoms. The van der Waals surface area contributed by atoms with Crippen molar-refractivity contribution < 1.29 is 54.8 Å². The van der Waals surface area contributed by atoms with Gasteiger partial charge in [0, 0.05) is 17.9 Å². The van der Waals surface area contributed by atoms with Gasteiger partial charge in [-0.05, 0) is 74.9 Å². The highest BCUT2D eigenvalue weighted by Gasteiger charge is 2.37. The van der Waals surface area contributed by atoms with Crippen LogP contribution >= 0.6 is 0 Å². The minimum atomic E-state index is -5.15. The van der Waals surface area contributed by atoms with Crippen LogP contribution in [0.1, 0.15) is 44.1 Å². The van der Waals surface area contributed by atoms with Crippen LogP contribution in [0.2, 0.25) is 0 Å². The quantitative estimate of drug-likeness (QED) is 0.124. The largest absolute Gasteiger partial charge is 0.573 e. The summed E-state index contributed by atoms with van der Waals surface area (Å²) in [6, 6.07) is 5.88. The van der Waals surface area contributed by atoms with Crippen molar-refractivity contribution in [3.63, 3.8) is 0 Å². The number of carbonyl (C=O) groups excluding carboxylic acids is 1. The van der Waals surface area contributed by atoms with Gasteiger partial charge in [0.25, 0.3) is 0 Å². The van der Waals surface area contributed by atoms with Crippen molar-refractivity contribution in [1.82, 2.24) is 0 Å². The molecule has 0 atom stereocenters. The number of alkyl halides is 5. The Bertz CT molecular complexity index is 1170. The molecule has 1 saturated heterocycles. The average Bonchev–Trinajstić information content (AvgIpc) is 2.93. The van der Waals surface area contributed by atoms with E-state index in [1.165, 1.54) is 12.1 Å². The van der Waals surface area contributed by atoms with Crippen LogP contribution in [0.25, 0.3) is 0 Å². The molecule has 2 fully saturated rings. The van der Waals surface area contributed by atoms with Gasteiger partial charge in [-0.15, -0.1) is 19.8 Å². The summed E-state index contributed by atoms with van der Waals surface area (Å²) in [5.41, 5.74) is -0.645. The van der Waals surface area contributed by atoms with E-state index in [2.05, 4.69) is 16.1 Å². The van der Waals surface area contributed by atoms with Crippen LogP contribution in [-0.4, -0.2) is 31.8 Å². The number of halogens is 6. The van der Waals surface area contributed by atoms with Crippen molar-refractivity contribution >= 4 is 5.97 Å². The number of carbonyl (C=O) groups is 1. The molecule has 2 aromatic rings. The first kappa shape index (κ1) is 30.7. The van der Waals surface area contributed by atoms with Crippen molar-refractivity contribution in [2.75, 3.05) is 13.2 Å². The Balaban J connectivity index is 1.25. The lowest BCUT2D eigenvalue weighted by molar-refractivity contribution is -0.275. The zero-order valence-corrected chi connectivity index (χ0v) is 22.0. The fraction of sp³-hybridized carbons (Fsp3) is 0.483. The summed E-state index contributed by atoms with van der Waals surface area (Å²) in [6.07, 6.45) is -3.01. The van der Waals surface area contributed by atoms with Crippen LogP contribution in [-0.2, 0) is 20.4 Å². The second-order valence-electron chi connectivity index (χ2n) is 10.1. The van der Waals surface area contributed by atoms with Gasteiger partial charge >= 0.3 is 18.4 Å². The lowest BCUT2D eigenvalue weighted by Crippen LogP contribution is -2.39. The van der Waals surface area contributed by atoms with E-state index in [9.17, 15) is 31.1 Å².